The van der Waals surface area contributed by atoms with Gasteiger partial charge in [-0.15, -0.1) is 0 Å². The van der Waals surface area contributed by atoms with E-state index < -0.39 is 0 Å². The molecule has 0 bridgehead atoms. The van der Waals surface area contributed by atoms with Gasteiger partial charge >= 0.3 is 0 Å². The summed E-state index contributed by atoms with van der Waals surface area (Å²) in [6.45, 7) is 0.349. The summed E-state index contributed by atoms with van der Waals surface area (Å²) in [7, 11) is 0. The molecule has 18 heavy (non-hydrogen) atoms. The quantitative estimate of drug-likeness (QED) is 0.801. The Bertz CT molecular complexity index is 523. The smallest absolute Gasteiger partial charge is 0.142 e. The van der Waals surface area contributed by atoms with Crippen LogP contribution in [0.4, 0.5) is 5.69 Å². The number of benzene rings is 2. The normalized spacial score (nSPS) is 10.4. The molecule has 2 aromatic rings. The Labute approximate surface area is 124 Å². The molecule has 0 aliphatic carbocycles. The number of nitrogens with two attached hydrogens (primary N) is 1. The van der Waals surface area contributed by atoms with E-state index in [1.165, 1.54) is 0 Å². The summed E-state index contributed by atoms with van der Waals surface area (Å²) < 4.78 is 6.54. The van der Waals surface area contributed by atoms with Crippen molar-refractivity contribution in [2.75, 3.05) is 5.73 Å². The maximum absolute atomic E-state index is 6.06. The first kappa shape index (κ1) is 13.5. The number of nitrogen functional groups attached to an aromatic ring is 1. The molecule has 0 fully saturated rings. The van der Waals surface area contributed by atoms with Crippen LogP contribution in [0.5, 0.6) is 5.75 Å². The molecule has 0 saturated carbocycles. The van der Waals surface area contributed by atoms with E-state index in [4.69, 9.17) is 33.7 Å². The van der Waals surface area contributed by atoms with Gasteiger partial charge in [0.15, 0.2) is 0 Å². The average molecular weight is 347 g/mol. The molecule has 0 amide bonds. The fraction of sp³-hybridized carbons (Fsp3) is 0.0769. The summed E-state index contributed by atoms with van der Waals surface area (Å²) in [4.78, 5) is 0. The lowest BCUT2D eigenvalue weighted by atomic mass is 10.2. The number of hydrogen-bond acceptors (Lipinski definition) is 2. The molecular weight excluding hydrogens is 337 g/mol. The topological polar surface area (TPSA) is 35.2 Å². The van der Waals surface area contributed by atoms with Gasteiger partial charge in [0.05, 0.1) is 5.69 Å². The maximum Gasteiger partial charge on any atom is 0.142 e. The monoisotopic (exact) mass is 345 g/mol. The Morgan fingerprint density at radius 1 is 1.11 bits per heavy atom. The summed E-state index contributed by atoms with van der Waals surface area (Å²) in [6, 6.07) is 10.8. The van der Waals surface area contributed by atoms with Crippen molar-refractivity contribution in [1.82, 2.24) is 0 Å². The minimum atomic E-state index is 0.349. The van der Waals surface area contributed by atoms with Crippen LogP contribution in [0.1, 0.15) is 5.56 Å². The highest BCUT2D eigenvalue weighted by Crippen LogP contribution is 2.27. The predicted octanol–water partition coefficient (Wildman–Crippen LogP) is 4.92. The summed E-state index contributed by atoms with van der Waals surface area (Å²) in [6.07, 6.45) is 0. The van der Waals surface area contributed by atoms with Crippen LogP contribution >= 0.6 is 39.1 Å². The van der Waals surface area contributed by atoms with Crippen molar-refractivity contribution in [2.45, 2.75) is 6.61 Å². The Hall–Kier alpha value is -0.900. The number of halogens is 3. The molecule has 0 aliphatic heterocycles. The van der Waals surface area contributed by atoms with E-state index in [-0.39, 0.29) is 0 Å². The Balaban J connectivity index is 2.11. The van der Waals surface area contributed by atoms with Crippen LogP contribution in [0.3, 0.4) is 0 Å². The lowest BCUT2D eigenvalue weighted by molar-refractivity contribution is 0.308. The van der Waals surface area contributed by atoms with E-state index in [0.717, 1.165) is 10.0 Å². The summed E-state index contributed by atoms with van der Waals surface area (Å²) in [5, 5.41) is 1.19. The van der Waals surface area contributed by atoms with Crippen LogP contribution in [0.15, 0.2) is 40.9 Å². The van der Waals surface area contributed by atoms with Gasteiger partial charge in [-0.2, -0.15) is 0 Å². The highest BCUT2D eigenvalue weighted by molar-refractivity contribution is 9.10. The van der Waals surface area contributed by atoms with Crippen LogP contribution < -0.4 is 10.5 Å². The molecular formula is C13H10BrCl2NO. The van der Waals surface area contributed by atoms with Gasteiger partial charge in [-0.05, 0) is 30.3 Å². The van der Waals surface area contributed by atoms with E-state index in [1.807, 2.05) is 18.2 Å². The Kier molecular flexibility index (Phi) is 4.38. The molecule has 0 saturated heterocycles. The molecule has 0 unspecified atom stereocenters. The number of ether oxygens (including phenoxy) is 1. The lowest BCUT2D eigenvalue weighted by Gasteiger charge is -2.10. The molecule has 5 heteroatoms. The summed E-state index contributed by atoms with van der Waals surface area (Å²) >= 11 is 15.2. The van der Waals surface area contributed by atoms with Crippen molar-refractivity contribution >= 4 is 44.8 Å². The largest absolute Gasteiger partial charge is 0.487 e. The molecule has 2 N–H and O–H groups in total. The average Bonchev–Trinajstić information content (AvgIpc) is 2.30. The zero-order chi connectivity index (χ0) is 13.1. The molecule has 0 heterocycles. The second kappa shape index (κ2) is 5.83. The van der Waals surface area contributed by atoms with Gasteiger partial charge in [0, 0.05) is 20.1 Å². The second-order valence-electron chi connectivity index (χ2n) is 3.71. The van der Waals surface area contributed by atoms with Gasteiger partial charge in [0.25, 0.3) is 0 Å². The van der Waals surface area contributed by atoms with Gasteiger partial charge in [-0.1, -0.05) is 45.2 Å². The zero-order valence-electron chi connectivity index (χ0n) is 9.29. The maximum atomic E-state index is 6.06. The van der Waals surface area contributed by atoms with Crippen LogP contribution in [0.2, 0.25) is 10.0 Å². The predicted molar refractivity (Wildman–Crippen MR) is 79.3 cm³/mol. The van der Waals surface area contributed by atoms with Crippen molar-refractivity contribution in [3.8, 4) is 5.75 Å². The minimum Gasteiger partial charge on any atom is -0.487 e. The highest BCUT2D eigenvalue weighted by atomic mass is 79.9. The van der Waals surface area contributed by atoms with E-state index in [0.29, 0.717) is 28.1 Å². The third-order valence-electron chi connectivity index (χ3n) is 2.37. The van der Waals surface area contributed by atoms with Crippen molar-refractivity contribution in [1.29, 1.82) is 0 Å². The minimum absolute atomic E-state index is 0.349. The first-order valence-electron chi connectivity index (χ1n) is 5.18. The SMILES string of the molecule is Nc1cc(Br)ccc1OCc1ccc(Cl)cc1Cl. The lowest BCUT2D eigenvalue weighted by Crippen LogP contribution is -1.99. The van der Waals surface area contributed by atoms with Gasteiger partial charge < -0.3 is 10.5 Å². The molecule has 0 aliphatic rings. The summed E-state index contributed by atoms with van der Waals surface area (Å²) in [5.41, 5.74) is 7.28. The third-order valence-corrected chi connectivity index (χ3v) is 3.45. The van der Waals surface area contributed by atoms with Crippen molar-refractivity contribution in [2.24, 2.45) is 0 Å². The molecule has 0 radical (unpaired) electrons. The first-order valence-corrected chi connectivity index (χ1v) is 6.73. The number of anilines is 1. The summed E-state index contributed by atoms with van der Waals surface area (Å²) in [5.74, 6) is 0.629. The standard InChI is InChI=1S/C13H10BrCl2NO/c14-9-2-4-13(12(17)5-9)18-7-8-1-3-10(15)6-11(8)16/h1-6H,7,17H2. The van der Waals surface area contributed by atoms with Gasteiger partial charge in [0.1, 0.15) is 12.4 Å². The van der Waals surface area contributed by atoms with E-state index in [2.05, 4.69) is 15.9 Å². The van der Waals surface area contributed by atoms with E-state index in [9.17, 15) is 0 Å². The fourth-order valence-corrected chi connectivity index (χ4v) is 2.29. The van der Waals surface area contributed by atoms with Crippen molar-refractivity contribution < 1.29 is 4.74 Å². The van der Waals surface area contributed by atoms with Crippen LogP contribution in [0, 0.1) is 0 Å². The van der Waals surface area contributed by atoms with Crippen LogP contribution in [-0.2, 0) is 6.61 Å². The molecule has 2 rings (SSSR count). The second-order valence-corrected chi connectivity index (χ2v) is 5.47. The van der Waals surface area contributed by atoms with E-state index in [1.54, 1.807) is 18.2 Å². The highest BCUT2D eigenvalue weighted by Gasteiger charge is 2.05. The van der Waals surface area contributed by atoms with Gasteiger partial charge in [-0.25, -0.2) is 0 Å². The van der Waals surface area contributed by atoms with Crippen molar-refractivity contribution in [3.63, 3.8) is 0 Å². The zero-order valence-corrected chi connectivity index (χ0v) is 12.4. The van der Waals surface area contributed by atoms with Crippen molar-refractivity contribution in [3.05, 3.63) is 56.5 Å². The number of rotatable bonds is 3. The molecule has 0 spiro atoms. The molecule has 2 aromatic carbocycles. The Morgan fingerprint density at radius 2 is 1.89 bits per heavy atom. The van der Waals surface area contributed by atoms with Gasteiger partial charge in [0.2, 0.25) is 0 Å². The fourth-order valence-electron chi connectivity index (χ4n) is 1.45. The van der Waals surface area contributed by atoms with E-state index >= 15 is 0 Å². The third kappa shape index (κ3) is 3.31. The molecule has 94 valence electrons. The Morgan fingerprint density at radius 3 is 2.56 bits per heavy atom. The molecule has 2 nitrogen and oxygen atoms in total. The van der Waals surface area contributed by atoms with Crippen LogP contribution in [0.25, 0.3) is 0 Å². The van der Waals surface area contributed by atoms with Crippen LogP contribution in [-0.4, -0.2) is 0 Å². The van der Waals surface area contributed by atoms with Gasteiger partial charge in [-0.3, -0.25) is 0 Å². The molecule has 0 atom stereocenters. The first-order chi connectivity index (χ1) is 8.56. The molecule has 0 aromatic heterocycles. The number of hydrogen-bond donors (Lipinski definition) is 1.